The third-order valence-electron chi connectivity index (χ3n) is 1.87. The smallest absolute Gasteiger partial charge is 0.225 e. The summed E-state index contributed by atoms with van der Waals surface area (Å²) in [5.74, 6) is 0.370. The van der Waals surface area contributed by atoms with Crippen LogP contribution < -0.4 is 5.73 Å². The Hall–Kier alpha value is -0.330. The average molecular weight is 338 g/mol. The number of rotatable bonds is 1. The minimum atomic E-state index is 0.370. The molecule has 0 radical (unpaired) electrons. The molecular weight excluding hydrogens is 332 g/mol. The Bertz CT molecular complexity index is 478. The van der Waals surface area contributed by atoms with Crippen LogP contribution in [0.5, 0.6) is 0 Å². The van der Waals surface area contributed by atoms with Crippen LogP contribution in [0, 0.1) is 6.92 Å². The summed E-state index contributed by atoms with van der Waals surface area (Å²) in [6, 6.07) is 1.99. The molecule has 0 aliphatic carbocycles. The van der Waals surface area contributed by atoms with Gasteiger partial charge >= 0.3 is 0 Å². The third-order valence-corrected chi connectivity index (χ3v) is 4.21. The largest absolute Gasteiger partial charge is 0.367 e. The Morgan fingerprint density at radius 3 is 2.64 bits per heavy atom. The standard InChI is InChI=1S/C8H6Br2N2OS/c1-3-6(12-13-8(3)11)4-2-5(9)14-7(4)10/h2H,11H2,1H3. The first-order valence-corrected chi connectivity index (χ1v) is 6.17. The second-order valence-electron chi connectivity index (χ2n) is 2.76. The molecule has 2 N–H and O–H groups in total. The number of thiophene rings is 1. The number of nitrogen functional groups attached to an aromatic ring is 1. The van der Waals surface area contributed by atoms with Gasteiger partial charge in [0.2, 0.25) is 5.88 Å². The van der Waals surface area contributed by atoms with Crippen molar-refractivity contribution in [2.24, 2.45) is 0 Å². The number of aromatic nitrogens is 1. The van der Waals surface area contributed by atoms with E-state index in [9.17, 15) is 0 Å². The lowest BCUT2D eigenvalue weighted by Crippen LogP contribution is -1.84. The zero-order valence-electron chi connectivity index (χ0n) is 7.17. The number of hydrogen-bond donors (Lipinski definition) is 1. The van der Waals surface area contributed by atoms with Crippen LogP contribution in [0.4, 0.5) is 5.88 Å². The molecule has 0 aliphatic heterocycles. The topological polar surface area (TPSA) is 52.0 Å². The molecule has 0 fully saturated rings. The van der Waals surface area contributed by atoms with Crippen molar-refractivity contribution in [2.45, 2.75) is 6.92 Å². The molecule has 3 nitrogen and oxygen atoms in total. The highest BCUT2D eigenvalue weighted by molar-refractivity contribution is 9.12. The van der Waals surface area contributed by atoms with E-state index in [-0.39, 0.29) is 0 Å². The lowest BCUT2D eigenvalue weighted by molar-refractivity contribution is 0.439. The number of nitrogens with two attached hydrogens (primary N) is 1. The maximum Gasteiger partial charge on any atom is 0.225 e. The van der Waals surface area contributed by atoms with Crippen LogP contribution in [0.2, 0.25) is 0 Å². The normalized spacial score (nSPS) is 10.8. The first kappa shape index (κ1) is 10.2. The van der Waals surface area contributed by atoms with E-state index in [0.717, 1.165) is 24.4 Å². The monoisotopic (exact) mass is 336 g/mol. The molecule has 0 amide bonds. The molecule has 0 atom stereocenters. The van der Waals surface area contributed by atoms with E-state index in [2.05, 4.69) is 37.0 Å². The first-order chi connectivity index (χ1) is 6.59. The summed E-state index contributed by atoms with van der Waals surface area (Å²) in [7, 11) is 0. The molecule has 0 aromatic carbocycles. The minimum absolute atomic E-state index is 0.370. The highest BCUT2D eigenvalue weighted by Gasteiger charge is 2.16. The zero-order chi connectivity index (χ0) is 10.3. The SMILES string of the molecule is Cc1c(-c2cc(Br)sc2Br)noc1N. The maximum absolute atomic E-state index is 5.58. The van der Waals surface area contributed by atoms with Crippen molar-refractivity contribution in [1.82, 2.24) is 5.16 Å². The Morgan fingerprint density at radius 1 is 1.50 bits per heavy atom. The quantitative estimate of drug-likeness (QED) is 0.860. The Balaban J connectivity index is 2.59. The van der Waals surface area contributed by atoms with E-state index in [4.69, 9.17) is 10.3 Å². The van der Waals surface area contributed by atoms with Crippen LogP contribution in [0.25, 0.3) is 11.3 Å². The predicted molar refractivity (Wildman–Crippen MR) is 64.4 cm³/mol. The fraction of sp³-hybridized carbons (Fsp3) is 0.125. The van der Waals surface area contributed by atoms with Gasteiger partial charge in [-0.15, -0.1) is 11.3 Å². The highest BCUT2D eigenvalue weighted by Crippen LogP contribution is 2.39. The third kappa shape index (κ3) is 1.62. The van der Waals surface area contributed by atoms with Gasteiger partial charge in [-0.05, 0) is 44.8 Å². The van der Waals surface area contributed by atoms with Gasteiger partial charge in [0.25, 0.3) is 0 Å². The van der Waals surface area contributed by atoms with Gasteiger partial charge < -0.3 is 10.3 Å². The maximum atomic E-state index is 5.58. The van der Waals surface area contributed by atoms with E-state index in [1.54, 1.807) is 11.3 Å². The molecule has 0 bridgehead atoms. The molecule has 14 heavy (non-hydrogen) atoms. The molecular formula is C8H6Br2N2OS. The summed E-state index contributed by atoms with van der Waals surface area (Å²) in [5.41, 5.74) is 8.24. The summed E-state index contributed by atoms with van der Waals surface area (Å²) in [6.07, 6.45) is 0. The Labute approximate surface area is 102 Å². The molecule has 6 heteroatoms. The number of hydrogen-bond acceptors (Lipinski definition) is 4. The average Bonchev–Trinajstić information content (AvgIpc) is 2.59. The lowest BCUT2D eigenvalue weighted by atomic mass is 10.2. The number of anilines is 1. The number of nitrogens with zero attached hydrogens (tertiary/aromatic N) is 1. The van der Waals surface area contributed by atoms with Crippen LogP contribution in [-0.2, 0) is 0 Å². The predicted octanol–water partition coefficient (Wildman–Crippen LogP) is 3.82. The van der Waals surface area contributed by atoms with E-state index in [1.165, 1.54) is 0 Å². The fourth-order valence-corrected chi connectivity index (χ4v) is 3.91. The summed E-state index contributed by atoms with van der Waals surface area (Å²) in [6.45, 7) is 1.89. The van der Waals surface area contributed by atoms with Crippen molar-refractivity contribution in [3.8, 4) is 11.3 Å². The van der Waals surface area contributed by atoms with Gasteiger partial charge in [-0.25, -0.2) is 0 Å². The molecule has 0 aliphatic rings. The summed E-state index contributed by atoms with van der Waals surface area (Å²) >= 11 is 8.47. The van der Waals surface area contributed by atoms with Gasteiger partial charge in [0.15, 0.2) is 0 Å². The molecule has 2 aromatic rings. The second kappa shape index (κ2) is 3.67. The van der Waals surface area contributed by atoms with Crippen LogP contribution in [0.1, 0.15) is 5.56 Å². The van der Waals surface area contributed by atoms with E-state index in [1.807, 2.05) is 13.0 Å². The van der Waals surface area contributed by atoms with E-state index >= 15 is 0 Å². The Kier molecular flexibility index (Phi) is 2.68. The lowest BCUT2D eigenvalue weighted by Gasteiger charge is -1.92. The van der Waals surface area contributed by atoms with Gasteiger partial charge in [0.1, 0.15) is 5.69 Å². The Morgan fingerprint density at radius 2 is 2.21 bits per heavy atom. The van der Waals surface area contributed by atoms with Gasteiger partial charge in [-0.2, -0.15) is 0 Å². The number of halogens is 2. The molecule has 0 saturated carbocycles. The highest BCUT2D eigenvalue weighted by atomic mass is 79.9. The van der Waals surface area contributed by atoms with Gasteiger partial charge in [0.05, 0.1) is 7.57 Å². The van der Waals surface area contributed by atoms with Crippen molar-refractivity contribution >= 4 is 49.1 Å². The summed E-state index contributed by atoms with van der Waals surface area (Å²) in [4.78, 5) is 0. The summed E-state index contributed by atoms with van der Waals surface area (Å²) < 4.78 is 6.97. The van der Waals surface area contributed by atoms with Crippen molar-refractivity contribution in [3.63, 3.8) is 0 Å². The van der Waals surface area contributed by atoms with Crippen molar-refractivity contribution in [2.75, 3.05) is 5.73 Å². The molecule has 2 rings (SSSR count). The fourth-order valence-electron chi connectivity index (χ4n) is 1.10. The molecule has 0 spiro atoms. The van der Waals surface area contributed by atoms with Crippen LogP contribution >= 0.6 is 43.2 Å². The van der Waals surface area contributed by atoms with Gasteiger partial charge in [-0.3, -0.25) is 0 Å². The van der Waals surface area contributed by atoms with Crippen LogP contribution in [0.15, 0.2) is 18.2 Å². The van der Waals surface area contributed by atoms with E-state index < -0.39 is 0 Å². The molecule has 2 heterocycles. The molecule has 74 valence electrons. The second-order valence-corrected chi connectivity index (χ2v) is 6.51. The van der Waals surface area contributed by atoms with Crippen molar-refractivity contribution in [1.29, 1.82) is 0 Å². The first-order valence-electron chi connectivity index (χ1n) is 3.76. The molecule has 0 unspecified atom stereocenters. The van der Waals surface area contributed by atoms with E-state index in [0.29, 0.717) is 5.88 Å². The van der Waals surface area contributed by atoms with Crippen LogP contribution in [0.3, 0.4) is 0 Å². The minimum Gasteiger partial charge on any atom is -0.367 e. The molecule has 0 saturated heterocycles. The van der Waals surface area contributed by atoms with Gasteiger partial charge in [0, 0.05) is 11.1 Å². The molecule has 2 aromatic heterocycles. The van der Waals surface area contributed by atoms with Crippen molar-refractivity contribution in [3.05, 3.63) is 19.2 Å². The van der Waals surface area contributed by atoms with Gasteiger partial charge in [-0.1, -0.05) is 5.16 Å². The van der Waals surface area contributed by atoms with Crippen molar-refractivity contribution < 1.29 is 4.52 Å². The zero-order valence-corrected chi connectivity index (χ0v) is 11.2. The summed E-state index contributed by atoms with van der Waals surface area (Å²) in [5, 5.41) is 3.92. The van der Waals surface area contributed by atoms with Crippen LogP contribution in [-0.4, -0.2) is 5.16 Å².